The van der Waals surface area contributed by atoms with E-state index in [-0.39, 0.29) is 29.5 Å². The second kappa shape index (κ2) is 22.7. The number of rotatable bonds is 13. The Labute approximate surface area is 128 Å². The maximum Gasteiger partial charge on any atom is 0.00772 e. The van der Waals surface area contributed by atoms with E-state index in [1.54, 1.807) is 0 Å². The van der Waals surface area contributed by atoms with Gasteiger partial charge < -0.3 is 32.7 Å². The van der Waals surface area contributed by atoms with Crippen molar-refractivity contribution in [3.8, 4) is 0 Å². The van der Waals surface area contributed by atoms with E-state index in [0.29, 0.717) is 13.1 Å². The Morgan fingerprint density at radius 3 is 0.944 bits per heavy atom. The molecule has 6 nitrogen and oxygen atoms in total. The summed E-state index contributed by atoms with van der Waals surface area (Å²) in [6.07, 6.45) is 0. The molecule has 0 saturated carbocycles. The first-order chi connectivity index (χ1) is 7.91. The molecule has 18 heavy (non-hydrogen) atoms. The second-order valence-corrected chi connectivity index (χ2v) is 3.58. The third-order valence-electron chi connectivity index (χ3n) is 2.08. The van der Waals surface area contributed by atoms with Crippen LogP contribution in [0.3, 0.4) is 0 Å². The van der Waals surface area contributed by atoms with Gasteiger partial charge in [-0.2, -0.15) is 0 Å². The molecule has 0 aliphatic heterocycles. The Balaban J connectivity index is -0.00000112. The Morgan fingerprint density at radius 1 is 0.500 bits per heavy atom. The van der Waals surface area contributed by atoms with Crippen LogP contribution in [0.25, 0.3) is 0 Å². The van der Waals surface area contributed by atoms with Crippen molar-refractivity contribution in [1.29, 1.82) is 0 Å². The van der Waals surface area contributed by atoms with Crippen molar-refractivity contribution in [3.63, 3.8) is 0 Å². The molecule has 0 aliphatic rings. The van der Waals surface area contributed by atoms with E-state index in [1.165, 1.54) is 0 Å². The summed E-state index contributed by atoms with van der Waals surface area (Å²) in [5.74, 6) is 0. The van der Waals surface area contributed by atoms with E-state index >= 15 is 0 Å². The molecule has 0 aromatic carbocycles. The molecule has 0 rings (SSSR count). The number of nitrogens with one attached hydrogen (secondary N) is 4. The molecule has 0 saturated heterocycles. The van der Waals surface area contributed by atoms with Gasteiger partial charge in [0.05, 0.1) is 0 Å². The molecule has 0 unspecified atom stereocenters. The van der Waals surface area contributed by atoms with Crippen LogP contribution in [0.5, 0.6) is 0 Å². The summed E-state index contributed by atoms with van der Waals surface area (Å²) in [5, 5.41) is 13.1. The van der Waals surface area contributed by atoms with E-state index in [0.717, 1.165) is 52.4 Å². The van der Waals surface area contributed by atoms with E-state index in [2.05, 4.69) is 21.3 Å². The third kappa shape index (κ3) is 21.8. The molecule has 0 amide bonds. The van der Waals surface area contributed by atoms with E-state index in [4.69, 9.17) is 11.5 Å². The van der Waals surface area contributed by atoms with Crippen LogP contribution in [0.1, 0.15) is 0 Å². The van der Waals surface area contributed by atoms with Crippen LogP contribution in [-0.4, -0.2) is 65.4 Å². The Morgan fingerprint density at radius 2 is 0.722 bits per heavy atom. The summed E-state index contributed by atoms with van der Waals surface area (Å²) in [6.45, 7) is 9.15. The van der Waals surface area contributed by atoms with Gasteiger partial charge in [-0.3, -0.25) is 0 Å². The zero-order valence-corrected chi connectivity index (χ0v) is 13.0. The normalized spacial score (nSPS) is 9.67. The topological polar surface area (TPSA) is 100 Å². The van der Waals surface area contributed by atoms with Crippen LogP contribution in [0.2, 0.25) is 0 Å². The van der Waals surface area contributed by atoms with Gasteiger partial charge in [-0.15, -0.1) is 12.4 Å². The van der Waals surface area contributed by atoms with Crippen molar-refractivity contribution in [3.05, 3.63) is 0 Å². The van der Waals surface area contributed by atoms with Crippen molar-refractivity contribution in [2.75, 3.05) is 65.4 Å². The third-order valence-corrected chi connectivity index (χ3v) is 2.08. The molecule has 0 aromatic heterocycles. The number of nitrogens with two attached hydrogens (primary N) is 2. The first kappa shape index (κ1) is 23.6. The maximum absolute atomic E-state index is 5.35. The van der Waals surface area contributed by atoms with Crippen LogP contribution in [-0.2, 0) is 17.1 Å². The van der Waals surface area contributed by atoms with Crippen molar-refractivity contribution in [2.45, 2.75) is 0 Å². The molecule has 113 valence electrons. The van der Waals surface area contributed by atoms with E-state index in [1.807, 2.05) is 0 Å². The molecule has 0 aromatic rings. The minimum atomic E-state index is 0. The SMILES string of the molecule is Cl.NCCNCCNCCNCCNCCN.[Mn]. The molecular weight excluding hydrogens is 295 g/mol. The number of hydrogen-bond donors (Lipinski definition) is 6. The molecule has 8 N–H and O–H groups in total. The van der Waals surface area contributed by atoms with Gasteiger partial charge in [-0.1, -0.05) is 0 Å². The minimum absolute atomic E-state index is 0. The average molecular weight is 324 g/mol. The summed E-state index contributed by atoms with van der Waals surface area (Å²) in [7, 11) is 0. The van der Waals surface area contributed by atoms with Crippen LogP contribution < -0.4 is 32.7 Å². The van der Waals surface area contributed by atoms with Crippen LogP contribution in [0, 0.1) is 0 Å². The first-order valence-corrected chi connectivity index (χ1v) is 6.14. The average Bonchev–Trinajstić information content (AvgIpc) is 2.31. The maximum atomic E-state index is 5.35. The van der Waals surface area contributed by atoms with Crippen LogP contribution in [0.15, 0.2) is 0 Å². The molecule has 0 heterocycles. The zero-order valence-electron chi connectivity index (χ0n) is 11.0. The van der Waals surface area contributed by atoms with Gasteiger partial charge in [0.25, 0.3) is 0 Å². The Kier molecular flexibility index (Phi) is 29.9. The molecule has 0 spiro atoms. The quantitative estimate of drug-likeness (QED) is 0.168. The van der Waals surface area contributed by atoms with Crippen molar-refractivity contribution >= 4 is 12.4 Å². The van der Waals surface area contributed by atoms with E-state index < -0.39 is 0 Å². The van der Waals surface area contributed by atoms with Crippen molar-refractivity contribution < 1.29 is 17.1 Å². The second-order valence-electron chi connectivity index (χ2n) is 3.58. The number of hydrogen-bond acceptors (Lipinski definition) is 6. The van der Waals surface area contributed by atoms with Gasteiger partial charge in [-0.25, -0.2) is 0 Å². The smallest absolute Gasteiger partial charge is 0.00772 e. The molecule has 0 aliphatic carbocycles. The fourth-order valence-electron chi connectivity index (χ4n) is 1.23. The van der Waals surface area contributed by atoms with Gasteiger partial charge in [0.2, 0.25) is 0 Å². The molecular formula is C10H29ClMnN6. The van der Waals surface area contributed by atoms with Crippen LogP contribution in [0.4, 0.5) is 0 Å². The Hall–Kier alpha value is 0.569. The summed E-state index contributed by atoms with van der Waals surface area (Å²) in [4.78, 5) is 0. The monoisotopic (exact) mass is 323 g/mol. The summed E-state index contributed by atoms with van der Waals surface area (Å²) in [5.41, 5.74) is 10.7. The van der Waals surface area contributed by atoms with Gasteiger partial charge in [0.1, 0.15) is 0 Å². The van der Waals surface area contributed by atoms with E-state index in [9.17, 15) is 0 Å². The van der Waals surface area contributed by atoms with Gasteiger partial charge in [0, 0.05) is 82.5 Å². The number of halogens is 1. The van der Waals surface area contributed by atoms with Gasteiger partial charge in [-0.05, 0) is 0 Å². The predicted octanol–water partition coefficient (Wildman–Crippen LogP) is -2.32. The van der Waals surface area contributed by atoms with Crippen molar-refractivity contribution in [1.82, 2.24) is 21.3 Å². The minimum Gasteiger partial charge on any atom is -0.329 e. The van der Waals surface area contributed by atoms with Gasteiger partial charge >= 0.3 is 0 Å². The molecule has 0 fully saturated rings. The molecule has 8 heteroatoms. The summed E-state index contributed by atoms with van der Waals surface area (Å²) >= 11 is 0. The first-order valence-electron chi connectivity index (χ1n) is 6.14. The Bertz CT molecular complexity index is 119. The molecule has 0 atom stereocenters. The van der Waals surface area contributed by atoms with Crippen molar-refractivity contribution in [2.24, 2.45) is 11.5 Å². The molecule has 0 bridgehead atoms. The summed E-state index contributed by atoms with van der Waals surface area (Å²) in [6, 6.07) is 0. The predicted molar refractivity (Wildman–Crippen MR) is 76.8 cm³/mol. The standard InChI is InChI=1S/C10H28N6.ClH.Mn/c11-1-3-13-5-7-15-9-10-16-8-6-14-4-2-12;;/h13-16H,1-12H2;1H;. The van der Waals surface area contributed by atoms with Gasteiger partial charge in [0.15, 0.2) is 0 Å². The largest absolute Gasteiger partial charge is 0.329 e. The molecule has 1 radical (unpaired) electrons. The summed E-state index contributed by atoms with van der Waals surface area (Å²) < 4.78 is 0. The fourth-order valence-corrected chi connectivity index (χ4v) is 1.23. The fraction of sp³-hybridized carbons (Fsp3) is 1.00. The zero-order chi connectivity index (χ0) is 11.9. The van der Waals surface area contributed by atoms with Crippen LogP contribution >= 0.6 is 12.4 Å².